The smallest absolute Gasteiger partial charge is 0.378 e. The normalized spacial score (nSPS) is 23.5. The summed E-state index contributed by atoms with van der Waals surface area (Å²) in [6.45, 7) is 7.98. The molecule has 0 bridgehead atoms. The Balaban J connectivity index is 1.55. The number of carbonyl (C=O) groups is 2. The molecule has 2 fully saturated rings. The average molecular weight is 467 g/mol. The van der Waals surface area contributed by atoms with Crippen molar-refractivity contribution in [3.8, 4) is 0 Å². The molecule has 180 valence electrons. The predicted molar refractivity (Wildman–Crippen MR) is 117 cm³/mol. The Labute approximate surface area is 191 Å². The van der Waals surface area contributed by atoms with Gasteiger partial charge in [0.1, 0.15) is 0 Å². The summed E-state index contributed by atoms with van der Waals surface area (Å²) in [5.41, 5.74) is 0.553. The van der Waals surface area contributed by atoms with Gasteiger partial charge in [-0.15, -0.1) is 6.58 Å². The largest absolute Gasteiger partial charge is 0.416 e. The molecule has 3 aliphatic rings. The highest BCUT2D eigenvalue weighted by atomic mass is 19.4. The molecule has 2 amide bonds. The van der Waals surface area contributed by atoms with E-state index in [9.17, 15) is 22.8 Å². The Morgan fingerprint density at radius 1 is 1.18 bits per heavy atom. The molecule has 1 N–H and O–H groups in total. The SMILES string of the molecule is C=CCNC(=O)[C@@H]1Cc2cc(C(F)(F)F)ccc2N2CCN(CC(=O)N3CCOCC3)C[C@H]12. The molecule has 3 aliphatic heterocycles. The molecule has 2 saturated heterocycles. The molecule has 0 aromatic heterocycles. The van der Waals surface area contributed by atoms with E-state index in [0.717, 1.165) is 17.8 Å². The fourth-order valence-corrected chi connectivity index (χ4v) is 4.91. The number of halogens is 3. The van der Waals surface area contributed by atoms with Crippen molar-refractivity contribution in [2.24, 2.45) is 5.92 Å². The van der Waals surface area contributed by atoms with Crippen molar-refractivity contribution in [2.45, 2.75) is 18.6 Å². The second-order valence-corrected chi connectivity index (χ2v) is 8.67. The molecule has 10 heteroatoms. The second kappa shape index (κ2) is 9.72. The van der Waals surface area contributed by atoms with Crippen LogP contribution in [-0.4, -0.2) is 86.7 Å². The summed E-state index contributed by atoms with van der Waals surface area (Å²) in [4.78, 5) is 31.6. The highest BCUT2D eigenvalue weighted by Crippen LogP contribution is 2.39. The Morgan fingerprint density at radius 2 is 1.94 bits per heavy atom. The summed E-state index contributed by atoms with van der Waals surface area (Å²) in [5.74, 6) is -0.707. The quantitative estimate of drug-likeness (QED) is 0.667. The van der Waals surface area contributed by atoms with Crippen LogP contribution in [0.4, 0.5) is 18.9 Å². The van der Waals surface area contributed by atoms with E-state index in [2.05, 4.69) is 11.9 Å². The molecule has 1 aromatic carbocycles. The van der Waals surface area contributed by atoms with Crippen molar-refractivity contribution in [2.75, 3.05) is 63.9 Å². The molecule has 33 heavy (non-hydrogen) atoms. The molecule has 0 aliphatic carbocycles. The van der Waals surface area contributed by atoms with Gasteiger partial charge in [-0.2, -0.15) is 13.2 Å². The lowest BCUT2D eigenvalue weighted by Gasteiger charge is -2.49. The van der Waals surface area contributed by atoms with Gasteiger partial charge in [0, 0.05) is 45.0 Å². The second-order valence-electron chi connectivity index (χ2n) is 8.67. The zero-order chi connectivity index (χ0) is 23.6. The first-order chi connectivity index (χ1) is 15.8. The monoisotopic (exact) mass is 466 g/mol. The van der Waals surface area contributed by atoms with E-state index < -0.39 is 17.7 Å². The third kappa shape index (κ3) is 5.16. The number of nitrogens with one attached hydrogen (secondary N) is 1. The molecular formula is C23H29F3N4O3. The average Bonchev–Trinajstić information content (AvgIpc) is 2.81. The molecule has 1 aromatic rings. The molecule has 0 radical (unpaired) electrons. The highest BCUT2D eigenvalue weighted by molar-refractivity contribution is 5.82. The van der Waals surface area contributed by atoms with E-state index in [-0.39, 0.29) is 37.4 Å². The third-order valence-corrected chi connectivity index (χ3v) is 6.60. The van der Waals surface area contributed by atoms with Crippen molar-refractivity contribution in [1.29, 1.82) is 0 Å². The predicted octanol–water partition coefficient (Wildman–Crippen LogP) is 1.53. The van der Waals surface area contributed by atoms with Crippen LogP contribution in [0.5, 0.6) is 0 Å². The van der Waals surface area contributed by atoms with Crippen LogP contribution >= 0.6 is 0 Å². The van der Waals surface area contributed by atoms with Crippen molar-refractivity contribution in [1.82, 2.24) is 15.1 Å². The minimum Gasteiger partial charge on any atom is -0.378 e. The summed E-state index contributed by atoms with van der Waals surface area (Å²) >= 11 is 0. The first kappa shape index (κ1) is 23.6. The van der Waals surface area contributed by atoms with Crippen molar-refractivity contribution in [3.05, 3.63) is 42.0 Å². The minimum atomic E-state index is -4.44. The topological polar surface area (TPSA) is 65.1 Å². The van der Waals surface area contributed by atoms with Gasteiger partial charge in [0.2, 0.25) is 11.8 Å². The number of anilines is 1. The summed E-state index contributed by atoms with van der Waals surface area (Å²) in [6, 6.07) is 3.54. The van der Waals surface area contributed by atoms with E-state index in [0.29, 0.717) is 51.5 Å². The van der Waals surface area contributed by atoms with E-state index in [1.807, 2.05) is 9.80 Å². The Bertz CT molecular complexity index is 901. The molecular weight excluding hydrogens is 437 g/mol. The van der Waals surface area contributed by atoms with Gasteiger partial charge in [0.15, 0.2) is 0 Å². The molecule has 0 unspecified atom stereocenters. The Morgan fingerprint density at radius 3 is 2.64 bits per heavy atom. The molecule has 3 heterocycles. The number of ether oxygens (including phenoxy) is 1. The maximum atomic E-state index is 13.3. The number of hydrogen-bond donors (Lipinski definition) is 1. The number of alkyl halides is 3. The van der Waals surface area contributed by atoms with Crippen LogP contribution < -0.4 is 10.2 Å². The lowest BCUT2D eigenvalue weighted by atomic mass is 9.82. The van der Waals surface area contributed by atoms with Gasteiger partial charge in [0.25, 0.3) is 0 Å². The molecule has 7 nitrogen and oxygen atoms in total. The summed E-state index contributed by atoms with van der Waals surface area (Å²) in [7, 11) is 0. The number of morpholine rings is 1. The first-order valence-corrected chi connectivity index (χ1v) is 11.2. The zero-order valence-corrected chi connectivity index (χ0v) is 18.4. The molecule has 2 atom stereocenters. The standard InChI is InChI=1S/C23H29F3N4O3/c1-2-5-27-22(32)18-13-16-12-17(23(24,25)26)3-4-19(16)30-7-6-28(14-20(18)30)15-21(31)29-8-10-33-11-9-29/h2-4,12,18,20H,1,5-11,13-15H2,(H,27,32)/t18-,20-/m1/s1. The van der Waals surface area contributed by atoms with Crippen LogP contribution in [0.15, 0.2) is 30.9 Å². The number of amides is 2. The number of piperazine rings is 1. The number of benzene rings is 1. The van der Waals surface area contributed by atoms with Crippen molar-refractivity contribution >= 4 is 17.5 Å². The van der Waals surface area contributed by atoms with Crippen molar-refractivity contribution in [3.63, 3.8) is 0 Å². The number of nitrogens with zero attached hydrogens (tertiary/aromatic N) is 3. The van der Waals surface area contributed by atoms with Crippen LogP contribution in [0.25, 0.3) is 0 Å². The van der Waals surface area contributed by atoms with E-state index >= 15 is 0 Å². The van der Waals surface area contributed by atoms with Crippen molar-refractivity contribution < 1.29 is 27.5 Å². The first-order valence-electron chi connectivity index (χ1n) is 11.2. The number of fused-ring (bicyclic) bond motifs is 3. The van der Waals surface area contributed by atoms with E-state index in [1.54, 1.807) is 11.0 Å². The summed E-state index contributed by atoms with van der Waals surface area (Å²) in [6.07, 6.45) is -2.65. The maximum absolute atomic E-state index is 13.3. The molecule has 0 saturated carbocycles. The summed E-state index contributed by atoms with van der Waals surface area (Å²) in [5, 5.41) is 2.80. The van der Waals surface area contributed by atoms with Gasteiger partial charge in [-0.25, -0.2) is 0 Å². The fourth-order valence-electron chi connectivity index (χ4n) is 4.91. The zero-order valence-electron chi connectivity index (χ0n) is 18.4. The molecule has 0 spiro atoms. The Kier molecular flexibility index (Phi) is 6.94. The van der Waals surface area contributed by atoms with E-state index in [1.165, 1.54) is 6.07 Å². The van der Waals surface area contributed by atoms with Crippen LogP contribution in [0.3, 0.4) is 0 Å². The number of hydrogen-bond acceptors (Lipinski definition) is 5. The van der Waals surface area contributed by atoms with Crippen LogP contribution in [0.2, 0.25) is 0 Å². The van der Waals surface area contributed by atoms with Crippen LogP contribution in [0, 0.1) is 5.92 Å². The lowest BCUT2D eigenvalue weighted by molar-refractivity contribution is -0.138. The van der Waals surface area contributed by atoms with Gasteiger partial charge in [-0.3, -0.25) is 14.5 Å². The maximum Gasteiger partial charge on any atom is 0.416 e. The van der Waals surface area contributed by atoms with Gasteiger partial charge in [0.05, 0.1) is 37.3 Å². The van der Waals surface area contributed by atoms with Crippen LogP contribution in [0.1, 0.15) is 11.1 Å². The number of rotatable bonds is 5. The van der Waals surface area contributed by atoms with Gasteiger partial charge in [-0.05, 0) is 30.2 Å². The van der Waals surface area contributed by atoms with E-state index in [4.69, 9.17) is 4.74 Å². The number of carbonyl (C=O) groups excluding carboxylic acids is 2. The minimum absolute atomic E-state index is 0.0328. The van der Waals surface area contributed by atoms with Crippen LogP contribution in [-0.2, 0) is 26.9 Å². The lowest BCUT2D eigenvalue weighted by Crippen LogP contribution is -2.62. The molecule has 4 rings (SSSR count). The Hall–Kier alpha value is -2.59. The summed E-state index contributed by atoms with van der Waals surface area (Å²) < 4.78 is 45.2. The fraction of sp³-hybridized carbons (Fsp3) is 0.565. The highest BCUT2D eigenvalue weighted by Gasteiger charge is 2.43. The van der Waals surface area contributed by atoms with Gasteiger partial charge < -0.3 is 19.9 Å². The third-order valence-electron chi connectivity index (χ3n) is 6.60. The van der Waals surface area contributed by atoms with Gasteiger partial charge in [-0.1, -0.05) is 6.08 Å². The van der Waals surface area contributed by atoms with Gasteiger partial charge >= 0.3 is 6.18 Å².